The maximum atomic E-state index is 14.7. The topological polar surface area (TPSA) is 134 Å². The van der Waals surface area contributed by atoms with Crippen molar-refractivity contribution in [3.05, 3.63) is 34.9 Å². The number of likely N-dealkylation sites (tertiary alicyclic amines) is 1. The Bertz CT molecular complexity index is 1220. The number of halogens is 1. The number of hydrogen-bond acceptors (Lipinski definition) is 6. The summed E-state index contributed by atoms with van der Waals surface area (Å²) in [5.74, 6) is 3.53. The molecule has 1 saturated heterocycles. The summed E-state index contributed by atoms with van der Waals surface area (Å²) >= 11 is 0. The van der Waals surface area contributed by atoms with Crippen LogP contribution in [0.3, 0.4) is 0 Å². The third-order valence-electron chi connectivity index (χ3n) is 5.35. The maximum Gasteiger partial charge on any atom is 0.269 e. The van der Waals surface area contributed by atoms with Crippen molar-refractivity contribution >= 4 is 11.8 Å². The van der Waals surface area contributed by atoms with Gasteiger partial charge in [-0.25, -0.2) is 9.37 Å². The van der Waals surface area contributed by atoms with Crippen LogP contribution < -0.4 is 10.5 Å². The summed E-state index contributed by atoms with van der Waals surface area (Å²) in [6.07, 6.45) is 0.0338. The standard InChI is InChI=1S/C21H18FN5O4/c1-26-7-5-21(30,20(26)29)4-2-12-10-13-16(11-14(12)22)31-9-8-27-15(3-6-23)17(18(24)28)25-19(13)27/h10-11,30H,3,5,7-9H2,1H3,(H2,24,28)/t21-/m0/s1. The molecule has 3 heterocycles. The van der Waals surface area contributed by atoms with Crippen LogP contribution in [0.25, 0.3) is 11.4 Å². The van der Waals surface area contributed by atoms with Gasteiger partial charge in [0.1, 0.15) is 24.0 Å². The first-order valence-corrected chi connectivity index (χ1v) is 9.49. The number of nitrogens with zero attached hydrogens (tertiary/aromatic N) is 4. The van der Waals surface area contributed by atoms with Crippen LogP contribution >= 0.6 is 0 Å². The summed E-state index contributed by atoms with van der Waals surface area (Å²) in [5.41, 5.74) is 4.16. The van der Waals surface area contributed by atoms with Gasteiger partial charge in [0, 0.05) is 26.1 Å². The molecule has 2 aromatic rings. The molecule has 4 rings (SSSR count). The molecule has 3 N–H and O–H groups in total. The van der Waals surface area contributed by atoms with E-state index in [1.165, 1.54) is 11.0 Å². The Labute approximate surface area is 176 Å². The molecule has 0 radical (unpaired) electrons. The fourth-order valence-electron chi connectivity index (χ4n) is 3.72. The van der Waals surface area contributed by atoms with Gasteiger partial charge < -0.3 is 25.0 Å². The Kier molecular flexibility index (Phi) is 4.88. The molecule has 0 unspecified atom stereocenters. The summed E-state index contributed by atoms with van der Waals surface area (Å²) < 4.78 is 22.0. The van der Waals surface area contributed by atoms with E-state index in [4.69, 9.17) is 15.7 Å². The summed E-state index contributed by atoms with van der Waals surface area (Å²) in [4.78, 5) is 29.6. The highest BCUT2D eigenvalue weighted by atomic mass is 19.1. The Morgan fingerprint density at radius 3 is 2.87 bits per heavy atom. The predicted octanol–water partition coefficient (Wildman–Crippen LogP) is 0.191. The van der Waals surface area contributed by atoms with Crippen molar-refractivity contribution < 1.29 is 23.8 Å². The van der Waals surface area contributed by atoms with E-state index < -0.39 is 23.2 Å². The van der Waals surface area contributed by atoms with Gasteiger partial charge in [-0.3, -0.25) is 9.59 Å². The van der Waals surface area contributed by atoms with Gasteiger partial charge in [0.2, 0.25) is 5.60 Å². The van der Waals surface area contributed by atoms with Crippen molar-refractivity contribution in [2.75, 3.05) is 20.2 Å². The second kappa shape index (κ2) is 7.42. The van der Waals surface area contributed by atoms with Crippen LogP contribution in [0.1, 0.15) is 28.2 Å². The first-order chi connectivity index (χ1) is 14.7. The molecule has 1 aromatic heterocycles. The molecule has 0 bridgehead atoms. The molecule has 2 aliphatic heterocycles. The van der Waals surface area contributed by atoms with E-state index in [9.17, 15) is 19.1 Å². The number of nitrogens with two attached hydrogens (primary N) is 1. The zero-order valence-electron chi connectivity index (χ0n) is 16.6. The normalized spacial score (nSPS) is 19.4. The number of primary amides is 1. The van der Waals surface area contributed by atoms with E-state index in [0.29, 0.717) is 23.6 Å². The monoisotopic (exact) mass is 423 g/mol. The second-order valence-electron chi connectivity index (χ2n) is 7.35. The minimum atomic E-state index is -1.87. The van der Waals surface area contributed by atoms with Crippen molar-refractivity contribution in [3.63, 3.8) is 0 Å². The number of aliphatic hydroxyl groups is 1. The van der Waals surface area contributed by atoms with Crippen LogP contribution in [0.5, 0.6) is 5.75 Å². The lowest BCUT2D eigenvalue weighted by Gasteiger charge is -2.13. The lowest BCUT2D eigenvalue weighted by molar-refractivity contribution is -0.137. The summed E-state index contributed by atoms with van der Waals surface area (Å²) in [6, 6.07) is 4.52. The smallest absolute Gasteiger partial charge is 0.269 e. The molecular weight excluding hydrogens is 405 g/mol. The fourth-order valence-corrected chi connectivity index (χ4v) is 3.72. The Morgan fingerprint density at radius 1 is 1.45 bits per heavy atom. The highest BCUT2D eigenvalue weighted by molar-refractivity contribution is 5.93. The number of ether oxygens (including phenoxy) is 1. The van der Waals surface area contributed by atoms with Crippen LogP contribution in [0.15, 0.2) is 12.1 Å². The molecule has 1 fully saturated rings. The molecule has 158 valence electrons. The van der Waals surface area contributed by atoms with Crippen LogP contribution in [-0.4, -0.2) is 57.2 Å². The number of nitriles is 1. The van der Waals surface area contributed by atoms with Crippen LogP contribution in [-0.2, 0) is 17.8 Å². The molecule has 0 aliphatic carbocycles. The second-order valence-corrected chi connectivity index (χ2v) is 7.35. The minimum Gasteiger partial charge on any atom is -0.491 e. The van der Waals surface area contributed by atoms with Gasteiger partial charge in [-0.05, 0) is 6.07 Å². The molecule has 0 saturated carbocycles. The van der Waals surface area contributed by atoms with E-state index >= 15 is 0 Å². The fraction of sp³-hybridized carbons (Fsp3) is 0.333. The number of amides is 2. The maximum absolute atomic E-state index is 14.7. The predicted molar refractivity (Wildman–Crippen MR) is 105 cm³/mol. The molecule has 2 amide bonds. The minimum absolute atomic E-state index is 0.0322. The number of carbonyl (C=O) groups excluding carboxylic acids is 2. The van der Waals surface area contributed by atoms with E-state index in [1.807, 2.05) is 6.07 Å². The van der Waals surface area contributed by atoms with Crippen LogP contribution in [0.2, 0.25) is 0 Å². The molecule has 1 atom stereocenters. The van der Waals surface area contributed by atoms with Crippen LogP contribution in [0.4, 0.5) is 4.39 Å². The van der Waals surface area contributed by atoms with Gasteiger partial charge in [-0.1, -0.05) is 11.8 Å². The zero-order valence-corrected chi connectivity index (χ0v) is 16.6. The Morgan fingerprint density at radius 2 is 2.23 bits per heavy atom. The average Bonchev–Trinajstić information content (AvgIpc) is 3.14. The van der Waals surface area contributed by atoms with E-state index in [1.54, 1.807) is 11.6 Å². The van der Waals surface area contributed by atoms with Gasteiger partial charge in [0.25, 0.3) is 11.8 Å². The van der Waals surface area contributed by atoms with Gasteiger partial charge in [-0.2, -0.15) is 5.26 Å². The van der Waals surface area contributed by atoms with Gasteiger partial charge >= 0.3 is 0 Å². The summed E-state index contributed by atoms with van der Waals surface area (Å²) in [5, 5.41) is 19.6. The van der Waals surface area contributed by atoms with Crippen LogP contribution in [0, 0.1) is 29.0 Å². The molecule has 10 heteroatoms. The molecule has 0 spiro atoms. The number of benzene rings is 1. The first kappa shape index (κ1) is 20.4. The SMILES string of the molecule is CN1CC[C@@](O)(C#Cc2cc3c(cc2F)OCCn2c-3nc(C(N)=O)c2CC#N)C1=O. The third-order valence-corrected chi connectivity index (χ3v) is 5.35. The van der Waals surface area contributed by atoms with Gasteiger partial charge in [0.05, 0.1) is 35.9 Å². The third kappa shape index (κ3) is 3.37. The number of aromatic nitrogens is 2. The Balaban J connectivity index is 1.84. The number of imidazole rings is 1. The highest BCUT2D eigenvalue weighted by Crippen LogP contribution is 2.35. The Hall–Kier alpha value is -3.89. The molecular formula is C21H18FN5O4. The largest absolute Gasteiger partial charge is 0.491 e. The first-order valence-electron chi connectivity index (χ1n) is 9.49. The van der Waals surface area contributed by atoms with Gasteiger partial charge in [0.15, 0.2) is 5.69 Å². The zero-order chi connectivity index (χ0) is 22.3. The number of rotatable bonds is 2. The quantitative estimate of drug-likeness (QED) is 0.663. The lowest BCUT2D eigenvalue weighted by Crippen LogP contribution is -2.37. The lowest BCUT2D eigenvalue weighted by atomic mass is 10.0. The van der Waals surface area contributed by atoms with Crippen molar-refractivity contribution in [2.45, 2.75) is 25.0 Å². The number of carbonyl (C=O) groups is 2. The number of fused-ring (bicyclic) bond motifs is 3. The number of hydrogen-bond donors (Lipinski definition) is 2. The van der Waals surface area contributed by atoms with E-state index in [2.05, 4.69) is 16.8 Å². The molecule has 31 heavy (non-hydrogen) atoms. The molecule has 2 aliphatic rings. The number of likely N-dealkylation sites (N-methyl/N-ethyl adjacent to an activating group) is 1. The molecule has 9 nitrogen and oxygen atoms in total. The average molecular weight is 423 g/mol. The highest BCUT2D eigenvalue weighted by Gasteiger charge is 2.42. The van der Waals surface area contributed by atoms with Crippen molar-refractivity contribution in [2.24, 2.45) is 5.73 Å². The summed E-state index contributed by atoms with van der Waals surface area (Å²) in [7, 11) is 1.55. The van der Waals surface area contributed by atoms with Crippen molar-refractivity contribution in [1.29, 1.82) is 5.26 Å². The summed E-state index contributed by atoms with van der Waals surface area (Å²) in [6.45, 7) is 0.794. The van der Waals surface area contributed by atoms with E-state index in [0.717, 1.165) is 6.07 Å². The van der Waals surface area contributed by atoms with Gasteiger partial charge in [-0.15, -0.1) is 0 Å². The van der Waals surface area contributed by atoms with Crippen molar-refractivity contribution in [3.8, 4) is 35.0 Å². The van der Waals surface area contributed by atoms with E-state index in [-0.39, 0.29) is 43.0 Å². The van der Waals surface area contributed by atoms with Crippen molar-refractivity contribution in [1.82, 2.24) is 14.5 Å². The molecule has 1 aromatic carbocycles.